The van der Waals surface area contributed by atoms with E-state index in [-0.39, 0.29) is 24.4 Å². The lowest BCUT2D eigenvalue weighted by Crippen LogP contribution is -2.39. The highest BCUT2D eigenvalue weighted by Gasteiger charge is 2.20. The molecule has 1 heterocycles. The average Bonchev–Trinajstić information content (AvgIpc) is 2.95. The molecule has 1 atom stereocenters. The summed E-state index contributed by atoms with van der Waals surface area (Å²) in [5, 5.41) is 0. The number of likely N-dealkylation sites (N-methyl/N-ethyl adjacent to an activating group) is 1. The van der Waals surface area contributed by atoms with Gasteiger partial charge in [-0.15, -0.1) is 12.4 Å². The molecular formula is C14H18ClN3O2. The molecule has 0 fully saturated rings. The maximum absolute atomic E-state index is 12.1. The molecule has 2 N–H and O–H groups in total. The van der Waals surface area contributed by atoms with Gasteiger partial charge in [-0.05, 0) is 19.1 Å². The number of aromatic nitrogens is 1. The van der Waals surface area contributed by atoms with Crippen molar-refractivity contribution in [1.82, 2.24) is 9.88 Å². The minimum Gasteiger partial charge on any atom is -0.444 e. The topological polar surface area (TPSA) is 72.4 Å². The fraction of sp³-hybridized carbons (Fsp3) is 0.286. The molecule has 0 aliphatic rings. The summed E-state index contributed by atoms with van der Waals surface area (Å²) in [6.45, 7) is 2.29. The van der Waals surface area contributed by atoms with Crippen molar-refractivity contribution in [2.75, 3.05) is 13.6 Å². The molecule has 0 radical (unpaired) electrons. The predicted molar refractivity (Wildman–Crippen MR) is 79.8 cm³/mol. The van der Waals surface area contributed by atoms with E-state index in [1.54, 1.807) is 11.9 Å². The van der Waals surface area contributed by atoms with Gasteiger partial charge in [-0.3, -0.25) is 4.79 Å². The molecule has 6 heteroatoms. The molecule has 0 aliphatic heterocycles. The molecule has 1 aromatic heterocycles. The molecule has 0 spiro atoms. The second kappa shape index (κ2) is 7.07. The quantitative estimate of drug-likeness (QED) is 0.938. The van der Waals surface area contributed by atoms with E-state index in [9.17, 15) is 4.79 Å². The number of halogens is 1. The van der Waals surface area contributed by atoms with E-state index < -0.39 is 0 Å². The van der Waals surface area contributed by atoms with Gasteiger partial charge < -0.3 is 15.1 Å². The van der Waals surface area contributed by atoms with E-state index in [2.05, 4.69) is 4.98 Å². The van der Waals surface area contributed by atoms with Crippen LogP contribution in [0.3, 0.4) is 0 Å². The van der Waals surface area contributed by atoms with E-state index in [1.807, 2.05) is 37.3 Å². The van der Waals surface area contributed by atoms with Gasteiger partial charge in [0.15, 0.2) is 5.69 Å². The van der Waals surface area contributed by atoms with Gasteiger partial charge in [0, 0.05) is 25.2 Å². The molecule has 0 bridgehead atoms. The van der Waals surface area contributed by atoms with Crippen LogP contribution in [0.2, 0.25) is 0 Å². The van der Waals surface area contributed by atoms with Gasteiger partial charge >= 0.3 is 0 Å². The number of rotatable bonds is 4. The van der Waals surface area contributed by atoms with Gasteiger partial charge in [0.25, 0.3) is 5.91 Å². The number of benzene rings is 1. The Labute approximate surface area is 124 Å². The Morgan fingerprint density at radius 3 is 2.65 bits per heavy atom. The van der Waals surface area contributed by atoms with Gasteiger partial charge in [-0.2, -0.15) is 0 Å². The van der Waals surface area contributed by atoms with Crippen LogP contribution in [-0.4, -0.2) is 35.4 Å². The zero-order chi connectivity index (χ0) is 13.8. The van der Waals surface area contributed by atoms with Gasteiger partial charge in [-0.1, -0.05) is 18.2 Å². The summed E-state index contributed by atoms with van der Waals surface area (Å²) in [5.74, 6) is 0.252. The molecule has 1 unspecified atom stereocenters. The maximum Gasteiger partial charge on any atom is 0.275 e. The number of hydrogen-bond acceptors (Lipinski definition) is 4. The van der Waals surface area contributed by atoms with Crippen LogP contribution >= 0.6 is 12.4 Å². The van der Waals surface area contributed by atoms with Crippen molar-refractivity contribution >= 4 is 18.3 Å². The molecule has 2 rings (SSSR count). The summed E-state index contributed by atoms with van der Waals surface area (Å²) in [4.78, 5) is 17.9. The van der Waals surface area contributed by atoms with E-state index in [0.29, 0.717) is 18.1 Å². The van der Waals surface area contributed by atoms with Crippen molar-refractivity contribution in [3.63, 3.8) is 0 Å². The molecule has 1 amide bonds. The van der Waals surface area contributed by atoms with Crippen LogP contribution in [0.1, 0.15) is 17.4 Å². The first-order valence-corrected chi connectivity index (χ1v) is 6.11. The van der Waals surface area contributed by atoms with Crippen molar-refractivity contribution < 1.29 is 9.21 Å². The molecule has 0 saturated carbocycles. The Kier molecular flexibility index (Phi) is 5.73. The molecule has 1 aromatic carbocycles. The third kappa shape index (κ3) is 3.37. The van der Waals surface area contributed by atoms with Crippen molar-refractivity contribution in [2.24, 2.45) is 5.73 Å². The van der Waals surface area contributed by atoms with Crippen LogP contribution in [-0.2, 0) is 0 Å². The number of amides is 1. The van der Waals surface area contributed by atoms with Crippen molar-refractivity contribution in [2.45, 2.75) is 13.0 Å². The van der Waals surface area contributed by atoms with Crippen molar-refractivity contribution in [1.29, 1.82) is 0 Å². The molecule has 5 nitrogen and oxygen atoms in total. The van der Waals surface area contributed by atoms with E-state index in [1.165, 1.54) is 6.26 Å². The maximum atomic E-state index is 12.1. The molecule has 20 heavy (non-hydrogen) atoms. The smallest absolute Gasteiger partial charge is 0.275 e. The fourth-order valence-electron chi connectivity index (χ4n) is 1.62. The Morgan fingerprint density at radius 2 is 2.05 bits per heavy atom. The van der Waals surface area contributed by atoms with Crippen LogP contribution in [0.5, 0.6) is 0 Å². The standard InChI is InChI=1S/C14H17N3O2.ClH/c1-10(8-15)17(2)14(18)12-9-19-13(16-12)11-6-4-3-5-7-11;/h3-7,9-10H,8,15H2,1-2H3;1H. The molecule has 0 saturated heterocycles. The molecule has 2 aromatic rings. The van der Waals surface area contributed by atoms with Crippen LogP contribution in [0.4, 0.5) is 0 Å². The Hall–Kier alpha value is -1.85. The van der Waals surface area contributed by atoms with Crippen molar-refractivity contribution in [3.05, 3.63) is 42.3 Å². The van der Waals surface area contributed by atoms with E-state index >= 15 is 0 Å². The normalized spacial score (nSPS) is 11.6. The average molecular weight is 296 g/mol. The summed E-state index contributed by atoms with van der Waals surface area (Å²) < 4.78 is 5.35. The number of oxazole rings is 1. The lowest BCUT2D eigenvalue weighted by Gasteiger charge is -2.22. The Balaban J connectivity index is 0.00000200. The van der Waals surface area contributed by atoms with Gasteiger partial charge in [0.1, 0.15) is 6.26 Å². The third-order valence-electron chi connectivity index (χ3n) is 3.07. The zero-order valence-corrected chi connectivity index (χ0v) is 12.3. The zero-order valence-electron chi connectivity index (χ0n) is 11.4. The highest BCUT2D eigenvalue weighted by molar-refractivity contribution is 5.92. The molecule has 0 aliphatic carbocycles. The first-order chi connectivity index (χ1) is 9.13. The summed E-state index contributed by atoms with van der Waals surface area (Å²) in [7, 11) is 1.71. The van der Waals surface area contributed by atoms with Gasteiger partial charge in [0.05, 0.1) is 0 Å². The second-order valence-electron chi connectivity index (χ2n) is 4.40. The lowest BCUT2D eigenvalue weighted by atomic mass is 10.2. The number of carbonyl (C=O) groups excluding carboxylic acids is 1. The largest absolute Gasteiger partial charge is 0.444 e. The third-order valence-corrected chi connectivity index (χ3v) is 3.07. The Morgan fingerprint density at radius 1 is 1.40 bits per heavy atom. The molecular weight excluding hydrogens is 278 g/mol. The fourth-order valence-corrected chi connectivity index (χ4v) is 1.62. The first kappa shape index (κ1) is 16.2. The highest BCUT2D eigenvalue weighted by atomic mass is 35.5. The molecule has 108 valence electrons. The summed E-state index contributed by atoms with van der Waals surface area (Å²) in [6.07, 6.45) is 1.38. The summed E-state index contributed by atoms with van der Waals surface area (Å²) in [6, 6.07) is 9.42. The predicted octanol–water partition coefficient (Wildman–Crippen LogP) is 2.18. The number of nitrogens with two attached hydrogens (primary N) is 1. The monoisotopic (exact) mass is 295 g/mol. The van der Waals surface area contributed by atoms with E-state index in [4.69, 9.17) is 10.2 Å². The summed E-state index contributed by atoms with van der Waals surface area (Å²) >= 11 is 0. The van der Waals surface area contributed by atoms with Crippen LogP contribution in [0, 0.1) is 0 Å². The first-order valence-electron chi connectivity index (χ1n) is 6.11. The SMILES string of the molecule is CC(CN)N(C)C(=O)c1coc(-c2ccccc2)n1.Cl. The lowest BCUT2D eigenvalue weighted by molar-refractivity contribution is 0.0742. The number of hydrogen-bond donors (Lipinski definition) is 1. The summed E-state index contributed by atoms with van der Waals surface area (Å²) in [5.41, 5.74) is 6.68. The van der Waals surface area contributed by atoms with Gasteiger partial charge in [0.2, 0.25) is 5.89 Å². The van der Waals surface area contributed by atoms with Gasteiger partial charge in [-0.25, -0.2) is 4.98 Å². The minimum absolute atomic E-state index is 0. The number of nitrogens with zero attached hydrogens (tertiary/aromatic N) is 2. The Bertz CT molecular complexity index is 557. The van der Waals surface area contributed by atoms with E-state index in [0.717, 1.165) is 5.56 Å². The van der Waals surface area contributed by atoms with Crippen LogP contribution in [0.15, 0.2) is 41.0 Å². The second-order valence-corrected chi connectivity index (χ2v) is 4.40. The van der Waals surface area contributed by atoms with Crippen molar-refractivity contribution in [3.8, 4) is 11.5 Å². The van der Waals surface area contributed by atoms with Crippen LogP contribution < -0.4 is 5.73 Å². The number of carbonyl (C=O) groups is 1. The highest BCUT2D eigenvalue weighted by Crippen LogP contribution is 2.18. The van der Waals surface area contributed by atoms with Crippen LogP contribution in [0.25, 0.3) is 11.5 Å². The minimum atomic E-state index is -0.191.